The second-order valence-electron chi connectivity index (χ2n) is 14.7. The zero-order valence-corrected chi connectivity index (χ0v) is 30.8. The first-order valence-corrected chi connectivity index (χ1v) is 18.4. The molecular formula is C39H56ClN3O6. The van der Waals surface area contributed by atoms with Crippen LogP contribution in [-0.4, -0.2) is 68.5 Å². The van der Waals surface area contributed by atoms with E-state index in [-0.39, 0.29) is 25.1 Å². The average molecular weight is 698 g/mol. The summed E-state index contributed by atoms with van der Waals surface area (Å²) in [5, 5.41) is 6.59. The van der Waals surface area contributed by atoms with Crippen LogP contribution in [0.25, 0.3) is 0 Å². The number of alkyl carbamates (subject to hydrolysis) is 1. The van der Waals surface area contributed by atoms with Gasteiger partial charge in [-0.1, -0.05) is 81.2 Å². The molecule has 10 heteroatoms. The van der Waals surface area contributed by atoms with Crippen molar-refractivity contribution in [3.63, 3.8) is 0 Å². The molecule has 2 aliphatic rings. The minimum absolute atomic E-state index is 0.172. The molecule has 0 radical (unpaired) electrons. The Morgan fingerprint density at radius 1 is 0.939 bits per heavy atom. The van der Waals surface area contributed by atoms with Crippen LogP contribution >= 0.6 is 11.6 Å². The van der Waals surface area contributed by atoms with Crippen molar-refractivity contribution < 1.29 is 28.6 Å². The van der Waals surface area contributed by atoms with Gasteiger partial charge in [0.15, 0.2) is 0 Å². The molecule has 2 aliphatic carbocycles. The van der Waals surface area contributed by atoms with Gasteiger partial charge >= 0.3 is 12.2 Å². The molecule has 2 aromatic carbocycles. The van der Waals surface area contributed by atoms with Crippen LogP contribution in [0, 0.1) is 5.92 Å². The first kappa shape index (κ1) is 38.5. The van der Waals surface area contributed by atoms with Crippen LogP contribution in [0.1, 0.15) is 130 Å². The van der Waals surface area contributed by atoms with Crippen molar-refractivity contribution >= 4 is 29.7 Å². The van der Waals surface area contributed by atoms with Gasteiger partial charge < -0.3 is 29.7 Å². The third-order valence-electron chi connectivity index (χ3n) is 9.49. The molecule has 0 saturated heterocycles. The van der Waals surface area contributed by atoms with Crippen LogP contribution in [0.4, 0.5) is 9.59 Å². The van der Waals surface area contributed by atoms with Crippen molar-refractivity contribution in [2.45, 2.75) is 115 Å². The number of amides is 3. The number of halogens is 1. The van der Waals surface area contributed by atoms with Crippen molar-refractivity contribution in [3.05, 3.63) is 69.7 Å². The van der Waals surface area contributed by atoms with E-state index in [0.717, 1.165) is 61.6 Å². The number of benzene rings is 2. The molecule has 2 unspecified atom stereocenters. The molecule has 3 amide bonds. The number of methoxy groups -OCH3 is 1. The quantitative estimate of drug-likeness (QED) is 0.203. The van der Waals surface area contributed by atoms with Crippen molar-refractivity contribution in [3.8, 4) is 0 Å². The molecule has 2 fully saturated rings. The predicted molar refractivity (Wildman–Crippen MR) is 193 cm³/mol. The monoisotopic (exact) mass is 697 g/mol. The molecule has 0 aliphatic heterocycles. The Labute approximate surface area is 297 Å². The minimum Gasteiger partial charge on any atom is -0.453 e. The first-order valence-electron chi connectivity index (χ1n) is 18.0. The average Bonchev–Trinajstić information content (AvgIpc) is 3.08. The summed E-state index contributed by atoms with van der Waals surface area (Å²) in [5.74, 6) is 0.668. The maximum atomic E-state index is 14.3. The molecule has 0 spiro atoms. The summed E-state index contributed by atoms with van der Waals surface area (Å²) >= 11 is 6.44. The molecule has 2 N–H and O–H groups in total. The molecule has 0 aromatic heterocycles. The summed E-state index contributed by atoms with van der Waals surface area (Å²) in [6.45, 7) is 6.40. The van der Waals surface area contributed by atoms with Gasteiger partial charge in [0.2, 0.25) is 0 Å². The van der Waals surface area contributed by atoms with E-state index in [1.807, 2.05) is 57.2 Å². The highest BCUT2D eigenvalue weighted by atomic mass is 35.5. The summed E-state index contributed by atoms with van der Waals surface area (Å²) in [7, 11) is 3.06. The van der Waals surface area contributed by atoms with Crippen LogP contribution in [0.2, 0.25) is 5.02 Å². The largest absolute Gasteiger partial charge is 0.453 e. The van der Waals surface area contributed by atoms with E-state index in [9.17, 15) is 14.4 Å². The van der Waals surface area contributed by atoms with Gasteiger partial charge in [-0.25, -0.2) is 9.59 Å². The maximum absolute atomic E-state index is 14.3. The highest BCUT2D eigenvalue weighted by Gasteiger charge is 2.28. The molecule has 270 valence electrons. The predicted octanol–water partition coefficient (Wildman–Crippen LogP) is 8.79. The van der Waals surface area contributed by atoms with Crippen LogP contribution < -0.4 is 10.6 Å². The van der Waals surface area contributed by atoms with Gasteiger partial charge in [0.25, 0.3) is 5.91 Å². The van der Waals surface area contributed by atoms with E-state index in [4.69, 9.17) is 25.8 Å². The number of nitrogens with one attached hydrogen (secondary N) is 2. The van der Waals surface area contributed by atoms with E-state index in [0.29, 0.717) is 29.0 Å². The van der Waals surface area contributed by atoms with E-state index >= 15 is 0 Å². The Bertz CT molecular complexity index is 1380. The lowest BCUT2D eigenvalue weighted by molar-refractivity contribution is 0.0274. The molecule has 2 saturated carbocycles. The molecule has 2 atom stereocenters. The van der Waals surface area contributed by atoms with Gasteiger partial charge in [0.1, 0.15) is 11.7 Å². The second-order valence-corrected chi connectivity index (χ2v) is 15.2. The van der Waals surface area contributed by atoms with Crippen LogP contribution in [0.5, 0.6) is 0 Å². The number of nitrogens with zero attached hydrogens (tertiary/aromatic N) is 1. The zero-order valence-electron chi connectivity index (χ0n) is 30.0. The smallest absolute Gasteiger partial charge is 0.410 e. The second kappa shape index (κ2) is 18.6. The fraction of sp³-hybridized carbons (Fsp3) is 0.615. The van der Waals surface area contributed by atoms with Crippen LogP contribution in [-0.2, 0) is 14.2 Å². The van der Waals surface area contributed by atoms with E-state index in [1.165, 1.54) is 32.8 Å². The molecule has 4 rings (SSSR count). The standard InChI is InChI=1S/C39H56ClN3O6/c1-39(2,3)49-38(46)43(4)26-34(21-27-13-8-6-9-14-27)42-36(44)32-23-30(28-15-10-7-11-16-28)22-31(24-32)35(29-17-12-18-33(40)25-29)48-20-19-41-37(45)47-5/h12,17-18,22-25,27-28,34-35H,6-11,13-16,19-21,26H2,1-5H3,(H,41,45)(H,42,44). The molecule has 49 heavy (non-hydrogen) atoms. The lowest BCUT2D eigenvalue weighted by Gasteiger charge is -2.31. The number of carbonyl (C=O) groups excluding carboxylic acids is 3. The number of likely N-dealkylation sites (N-methyl/N-ethyl adjacent to an activating group) is 1. The van der Waals surface area contributed by atoms with Gasteiger partial charge in [0, 0.05) is 36.8 Å². The molecule has 9 nitrogen and oxygen atoms in total. The first-order chi connectivity index (χ1) is 23.4. The minimum atomic E-state index is -0.611. The highest BCUT2D eigenvalue weighted by Crippen LogP contribution is 2.37. The lowest BCUT2D eigenvalue weighted by Crippen LogP contribution is -2.46. The lowest BCUT2D eigenvalue weighted by atomic mass is 9.82. The maximum Gasteiger partial charge on any atom is 0.410 e. The Morgan fingerprint density at radius 2 is 1.63 bits per heavy atom. The van der Waals surface area contributed by atoms with E-state index in [1.54, 1.807) is 11.9 Å². The summed E-state index contributed by atoms with van der Waals surface area (Å²) in [5.41, 5.74) is 2.78. The molecule has 0 heterocycles. The van der Waals surface area contributed by atoms with Gasteiger partial charge in [-0.3, -0.25) is 4.79 Å². The number of hydrogen-bond acceptors (Lipinski definition) is 6. The van der Waals surface area contributed by atoms with Crippen LogP contribution in [0.15, 0.2) is 42.5 Å². The van der Waals surface area contributed by atoms with E-state index < -0.39 is 23.9 Å². The number of ether oxygens (including phenoxy) is 3. The van der Waals surface area contributed by atoms with E-state index in [2.05, 4.69) is 16.7 Å². The summed E-state index contributed by atoms with van der Waals surface area (Å²) in [6.07, 6.45) is 10.9. The Balaban J connectivity index is 1.65. The number of rotatable bonds is 13. The normalized spacial score (nSPS) is 17.1. The summed E-state index contributed by atoms with van der Waals surface area (Å²) < 4.78 is 16.8. The van der Waals surface area contributed by atoms with Gasteiger partial charge in [-0.2, -0.15) is 0 Å². The van der Waals surface area contributed by atoms with Crippen molar-refractivity contribution in [2.75, 3.05) is 33.9 Å². The van der Waals surface area contributed by atoms with Crippen molar-refractivity contribution in [2.24, 2.45) is 5.92 Å². The Kier molecular flexibility index (Phi) is 14.6. The number of hydrogen-bond donors (Lipinski definition) is 2. The summed E-state index contributed by atoms with van der Waals surface area (Å²) in [4.78, 5) is 40.5. The van der Waals surface area contributed by atoms with Gasteiger partial charge in [-0.05, 0) is 92.8 Å². The Hall–Kier alpha value is -3.30. The fourth-order valence-electron chi connectivity index (χ4n) is 7.11. The molecule has 0 bridgehead atoms. The number of carbonyl (C=O) groups is 3. The highest BCUT2D eigenvalue weighted by molar-refractivity contribution is 6.30. The van der Waals surface area contributed by atoms with Crippen LogP contribution in [0.3, 0.4) is 0 Å². The third-order valence-corrected chi connectivity index (χ3v) is 9.72. The Morgan fingerprint density at radius 3 is 2.29 bits per heavy atom. The molecule has 2 aromatic rings. The third kappa shape index (κ3) is 12.5. The van der Waals surface area contributed by atoms with Gasteiger partial charge in [-0.15, -0.1) is 0 Å². The van der Waals surface area contributed by atoms with Gasteiger partial charge in [0.05, 0.1) is 13.7 Å². The van der Waals surface area contributed by atoms with Crippen molar-refractivity contribution in [1.29, 1.82) is 0 Å². The topological polar surface area (TPSA) is 106 Å². The zero-order chi connectivity index (χ0) is 35.4. The van der Waals surface area contributed by atoms with Crippen molar-refractivity contribution in [1.82, 2.24) is 15.5 Å². The SMILES string of the molecule is COC(=O)NCCOC(c1cccc(Cl)c1)c1cc(C(=O)NC(CC2CCCCC2)CN(C)C(=O)OC(C)(C)C)cc(C2CCCCC2)c1. The molecular weight excluding hydrogens is 642 g/mol. The fourth-order valence-corrected chi connectivity index (χ4v) is 7.30. The summed E-state index contributed by atoms with van der Waals surface area (Å²) in [6, 6.07) is 13.4.